The Morgan fingerprint density at radius 2 is 1.77 bits per heavy atom. The average molecular weight is 422 g/mol. The Morgan fingerprint density at radius 1 is 1.00 bits per heavy atom. The van der Waals surface area contributed by atoms with E-state index in [2.05, 4.69) is 15.2 Å². The van der Waals surface area contributed by atoms with Crippen LogP contribution in [0.25, 0.3) is 0 Å². The number of rotatable bonds is 4. The van der Waals surface area contributed by atoms with Gasteiger partial charge in [-0.25, -0.2) is 4.98 Å². The molecule has 2 amide bonds. The maximum Gasteiger partial charge on any atom is 0.257 e. The molecule has 2 aromatic rings. The van der Waals surface area contributed by atoms with Gasteiger partial charge >= 0.3 is 0 Å². The van der Waals surface area contributed by atoms with Gasteiger partial charge in [0.1, 0.15) is 5.82 Å². The monoisotopic (exact) mass is 422 g/mol. The molecular weight excluding hydrogens is 396 g/mol. The highest BCUT2D eigenvalue weighted by molar-refractivity contribution is 5.99. The highest BCUT2D eigenvalue weighted by Gasteiger charge is 2.30. The van der Waals surface area contributed by atoms with E-state index in [9.17, 15) is 9.59 Å². The molecule has 1 aromatic carbocycles. The summed E-state index contributed by atoms with van der Waals surface area (Å²) in [6, 6.07) is 9.07. The number of hydrogen-bond donors (Lipinski definition) is 1. The van der Waals surface area contributed by atoms with Crippen LogP contribution in [0.1, 0.15) is 36.0 Å². The molecule has 0 spiro atoms. The predicted octanol–water partition coefficient (Wildman–Crippen LogP) is 2.90. The molecule has 2 fully saturated rings. The van der Waals surface area contributed by atoms with Gasteiger partial charge in [-0.2, -0.15) is 0 Å². The lowest BCUT2D eigenvalue weighted by atomic mass is 9.95. The van der Waals surface area contributed by atoms with Crippen LogP contribution < -0.4 is 19.7 Å². The largest absolute Gasteiger partial charge is 0.454 e. The van der Waals surface area contributed by atoms with E-state index in [0.717, 1.165) is 31.7 Å². The smallest absolute Gasteiger partial charge is 0.257 e. The molecule has 5 rings (SSSR count). The zero-order valence-corrected chi connectivity index (χ0v) is 17.4. The Bertz CT molecular complexity index is 981. The van der Waals surface area contributed by atoms with Crippen LogP contribution in [0.2, 0.25) is 0 Å². The Labute approximate surface area is 181 Å². The number of carbonyl (C=O) groups is 2. The van der Waals surface area contributed by atoms with Gasteiger partial charge < -0.3 is 24.6 Å². The van der Waals surface area contributed by atoms with E-state index >= 15 is 0 Å². The molecule has 0 unspecified atom stereocenters. The number of likely N-dealkylation sites (tertiary alicyclic amines) is 1. The standard InChI is InChI=1S/C23H26N4O4/c28-22(25-17-5-6-19-20(14-17)31-15-30-19)16-7-12-27(13-8-16)23(29)18-4-3-9-24-21(18)26-10-1-2-11-26/h3-6,9,14,16H,1-2,7-8,10-13,15H2,(H,25,28). The van der Waals surface area contributed by atoms with Crippen LogP contribution >= 0.6 is 0 Å². The van der Waals surface area contributed by atoms with E-state index in [1.807, 2.05) is 23.1 Å². The first-order chi connectivity index (χ1) is 15.2. The van der Waals surface area contributed by atoms with Gasteiger partial charge in [0.15, 0.2) is 11.5 Å². The second-order valence-corrected chi connectivity index (χ2v) is 8.19. The number of pyridine rings is 1. The first-order valence-corrected chi connectivity index (χ1v) is 10.9. The molecule has 3 aliphatic heterocycles. The Hall–Kier alpha value is -3.29. The van der Waals surface area contributed by atoms with Crippen molar-refractivity contribution in [3.63, 3.8) is 0 Å². The SMILES string of the molecule is O=C(Nc1ccc2c(c1)OCO2)C1CCN(C(=O)c2cccnc2N2CCCC2)CC1. The Kier molecular flexibility index (Phi) is 5.36. The van der Waals surface area contributed by atoms with Gasteiger partial charge in [0.25, 0.3) is 5.91 Å². The highest BCUT2D eigenvalue weighted by atomic mass is 16.7. The quantitative estimate of drug-likeness (QED) is 0.816. The summed E-state index contributed by atoms with van der Waals surface area (Å²) in [5.41, 5.74) is 1.35. The number of nitrogens with zero attached hydrogens (tertiary/aromatic N) is 3. The number of benzene rings is 1. The fourth-order valence-electron chi connectivity index (χ4n) is 4.48. The number of piperidine rings is 1. The molecule has 3 aliphatic rings. The summed E-state index contributed by atoms with van der Waals surface area (Å²) >= 11 is 0. The van der Waals surface area contributed by atoms with E-state index in [1.54, 1.807) is 18.3 Å². The number of aromatic nitrogens is 1. The van der Waals surface area contributed by atoms with Gasteiger partial charge in [0, 0.05) is 50.0 Å². The van der Waals surface area contributed by atoms with Crippen molar-refractivity contribution >= 4 is 23.3 Å². The second-order valence-electron chi connectivity index (χ2n) is 8.19. The number of ether oxygens (including phenoxy) is 2. The van der Waals surface area contributed by atoms with Crippen molar-refractivity contribution in [2.45, 2.75) is 25.7 Å². The molecule has 162 valence electrons. The van der Waals surface area contributed by atoms with Crippen LogP contribution in [0, 0.1) is 5.92 Å². The first kappa shape index (κ1) is 19.7. The van der Waals surface area contributed by atoms with Gasteiger partial charge in [-0.05, 0) is 49.9 Å². The minimum atomic E-state index is -0.124. The third kappa shape index (κ3) is 4.02. The van der Waals surface area contributed by atoms with Crippen molar-refractivity contribution in [1.29, 1.82) is 0 Å². The Balaban J connectivity index is 1.20. The molecule has 1 N–H and O–H groups in total. The number of hydrogen-bond acceptors (Lipinski definition) is 6. The zero-order chi connectivity index (χ0) is 21.2. The number of amides is 2. The summed E-state index contributed by atoms with van der Waals surface area (Å²) in [6.45, 7) is 3.22. The molecule has 1 aromatic heterocycles. The van der Waals surface area contributed by atoms with Gasteiger partial charge in [0.05, 0.1) is 5.56 Å². The Morgan fingerprint density at radius 3 is 2.58 bits per heavy atom. The fraction of sp³-hybridized carbons (Fsp3) is 0.435. The minimum Gasteiger partial charge on any atom is -0.454 e. The summed E-state index contributed by atoms with van der Waals surface area (Å²) in [5.74, 6) is 1.97. The first-order valence-electron chi connectivity index (χ1n) is 10.9. The predicted molar refractivity (Wildman–Crippen MR) is 116 cm³/mol. The van der Waals surface area contributed by atoms with Crippen LogP contribution in [0.15, 0.2) is 36.5 Å². The molecule has 0 saturated carbocycles. The molecule has 0 bridgehead atoms. The molecule has 4 heterocycles. The molecule has 8 heteroatoms. The summed E-state index contributed by atoms with van der Waals surface area (Å²) in [7, 11) is 0. The van der Waals surface area contributed by atoms with Crippen LogP contribution in [0.5, 0.6) is 11.5 Å². The summed E-state index contributed by atoms with van der Waals surface area (Å²) in [4.78, 5) is 34.5. The van der Waals surface area contributed by atoms with E-state index in [0.29, 0.717) is 48.7 Å². The summed E-state index contributed by atoms with van der Waals surface area (Å²) in [6.07, 6.45) is 5.29. The van der Waals surface area contributed by atoms with Crippen molar-refractivity contribution in [2.75, 3.05) is 43.2 Å². The van der Waals surface area contributed by atoms with Gasteiger partial charge in [-0.1, -0.05) is 0 Å². The maximum atomic E-state index is 13.2. The third-order valence-electron chi connectivity index (χ3n) is 6.22. The summed E-state index contributed by atoms with van der Waals surface area (Å²) in [5, 5.41) is 2.97. The van der Waals surface area contributed by atoms with Crippen LogP contribution in [0.4, 0.5) is 11.5 Å². The highest BCUT2D eigenvalue weighted by Crippen LogP contribution is 2.34. The maximum absolute atomic E-state index is 13.2. The molecule has 0 radical (unpaired) electrons. The topological polar surface area (TPSA) is 84.0 Å². The molecule has 8 nitrogen and oxygen atoms in total. The number of anilines is 2. The molecular formula is C23H26N4O4. The van der Waals surface area contributed by atoms with Crippen LogP contribution in [-0.4, -0.2) is 54.7 Å². The lowest BCUT2D eigenvalue weighted by Gasteiger charge is -2.32. The number of carbonyl (C=O) groups excluding carboxylic acids is 2. The second kappa shape index (κ2) is 8.45. The third-order valence-corrected chi connectivity index (χ3v) is 6.22. The van der Waals surface area contributed by atoms with Crippen molar-refractivity contribution in [2.24, 2.45) is 5.92 Å². The lowest BCUT2D eigenvalue weighted by Crippen LogP contribution is -2.42. The fourth-order valence-corrected chi connectivity index (χ4v) is 4.48. The van der Waals surface area contributed by atoms with Crippen LogP contribution in [0.3, 0.4) is 0 Å². The molecule has 2 saturated heterocycles. The van der Waals surface area contributed by atoms with Gasteiger partial charge in [0.2, 0.25) is 12.7 Å². The van der Waals surface area contributed by atoms with Crippen molar-refractivity contribution in [3.8, 4) is 11.5 Å². The molecule has 31 heavy (non-hydrogen) atoms. The van der Waals surface area contributed by atoms with Crippen molar-refractivity contribution in [3.05, 3.63) is 42.1 Å². The number of fused-ring (bicyclic) bond motifs is 1. The lowest BCUT2D eigenvalue weighted by molar-refractivity contribution is -0.121. The van der Waals surface area contributed by atoms with E-state index in [-0.39, 0.29) is 24.5 Å². The van der Waals surface area contributed by atoms with Gasteiger partial charge in [-0.3, -0.25) is 9.59 Å². The zero-order valence-electron chi connectivity index (χ0n) is 17.4. The van der Waals surface area contributed by atoms with E-state index in [4.69, 9.17) is 9.47 Å². The van der Waals surface area contributed by atoms with E-state index in [1.165, 1.54) is 0 Å². The summed E-state index contributed by atoms with van der Waals surface area (Å²) < 4.78 is 10.7. The average Bonchev–Trinajstić information content (AvgIpc) is 3.50. The number of nitrogens with one attached hydrogen (secondary N) is 1. The molecule has 0 atom stereocenters. The normalized spacial score (nSPS) is 18.3. The molecule has 0 aliphatic carbocycles. The van der Waals surface area contributed by atoms with Crippen molar-refractivity contribution < 1.29 is 19.1 Å². The minimum absolute atomic E-state index is 0.00429. The van der Waals surface area contributed by atoms with Gasteiger partial charge in [-0.15, -0.1) is 0 Å². The van der Waals surface area contributed by atoms with E-state index < -0.39 is 0 Å². The van der Waals surface area contributed by atoms with Crippen molar-refractivity contribution in [1.82, 2.24) is 9.88 Å². The van der Waals surface area contributed by atoms with Crippen LogP contribution in [-0.2, 0) is 4.79 Å².